The van der Waals surface area contributed by atoms with Gasteiger partial charge < -0.3 is 10.4 Å². The number of carbonyl (C=O) groups is 2. The van der Waals surface area contributed by atoms with Crippen molar-refractivity contribution in [1.82, 2.24) is 5.32 Å². The molecule has 0 unspecified atom stereocenters. The van der Waals surface area contributed by atoms with Crippen LogP contribution in [0, 0.1) is 22.7 Å². The van der Waals surface area contributed by atoms with Gasteiger partial charge in [-0.05, 0) is 55.9 Å². The molecule has 1 amide bonds. The molecule has 0 aromatic heterocycles. The molecule has 0 aromatic rings. The number of aliphatic hydroxyl groups excluding tert-OH is 1. The zero-order valence-corrected chi connectivity index (χ0v) is 15.4. The van der Waals surface area contributed by atoms with Gasteiger partial charge in [-0.25, -0.2) is 0 Å². The molecule has 4 nitrogen and oxygen atoms in total. The third kappa shape index (κ3) is 2.22. The zero-order chi connectivity index (χ0) is 17.9. The van der Waals surface area contributed by atoms with E-state index in [9.17, 15) is 14.7 Å². The van der Waals surface area contributed by atoms with Crippen molar-refractivity contribution in [3.8, 4) is 0 Å². The molecule has 0 aliphatic heterocycles. The fourth-order valence-corrected chi connectivity index (χ4v) is 6.05. The number of carbonyl (C=O) groups excluding carboxylic acids is 2. The zero-order valence-electron chi connectivity index (χ0n) is 15.4. The van der Waals surface area contributed by atoms with E-state index in [1.54, 1.807) is 0 Å². The number of aliphatic hydroxyl groups is 1. The van der Waals surface area contributed by atoms with Crippen LogP contribution in [0.15, 0.2) is 12.2 Å². The van der Waals surface area contributed by atoms with Crippen molar-refractivity contribution in [1.29, 1.82) is 0 Å². The van der Waals surface area contributed by atoms with Crippen LogP contribution in [-0.2, 0) is 9.59 Å². The lowest BCUT2D eigenvalue weighted by atomic mass is 9.47. The van der Waals surface area contributed by atoms with Crippen LogP contribution in [0.1, 0.15) is 66.2 Å². The summed E-state index contributed by atoms with van der Waals surface area (Å²) >= 11 is 0. The van der Waals surface area contributed by atoms with Crippen LogP contribution in [0.4, 0.5) is 0 Å². The SMILES string of the molecule is C=C1[C@H](O)[C@](C)(NC(C)=O)CC[C@]2(C)[C@H](C)CC[C@]13CCC(=O)[C@H]32. The molecule has 6 atom stereocenters. The van der Waals surface area contributed by atoms with E-state index in [-0.39, 0.29) is 22.7 Å². The first-order chi connectivity index (χ1) is 11.1. The lowest BCUT2D eigenvalue weighted by Gasteiger charge is -2.58. The van der Waals surface area contributed by atoms with Gasteiger partial charge in [-0.3, -0.25) is 9.59 Å². The third-order valence-corrected chi connectivity index (χ3v) is 7.72. The lowest BCUT2D eigenvalue weighted by molar-refractivity contribution is -0.137. The number of nitrogens with one attached hydrogen (secondary N) is 1. The van der Waals surface area contributed by atoms with E-state index in [0.29, 0.717) is 24.5 Å². The summed E-state index contributed by atoms with van der Waals surface area (Å²) in [5.74, 6) is 0.644. The fraction of sp³-hybridized carbons (Fsp3) is 0.800. The molecule has 0 saturated heterocycles. The summed E-state index contributed by atoms with van der Waals surface area (Å²) < 4.78 is 0. The van der Waals surface area contributed by atoms with Crippen LogP contribution < -0.4 is 5.32 Å². The maximum atomic E-state index is 12.8. The van der Waals surface area contributed by atoms with Gasteiger partial charge in [0.15, 0.2) is 0 Å². The maximum absolute atomic E-state index is 12.8. The molecule has 3 fully saturated rings. The molecule has 24 heavy (non-hydrogen) atoms. The van der Waals surface area contributed by atoms with Crippen molar-refractivity contribution in [3.63, 3.8) is 0 Å². The second kappa shape index (κ2) is 5.42. The van der Waals surface area contributed by atoms with Gasteiger partial charge in [0.05, 0.1) is 11.6 Å². The molecule has 4 heteroatoms. The number of rotatable bonds is 1. The Bertz CT molecular complexity index is 600. The van der Waals surface area contributed by atoms with Gasteiger partial charge in [-0.2, -0.15) is 0 Å². The Balaban J connectivity index is 2.11. The van der Waals surface area contributed by atoms with Gasteiger partial charge in [0.25, 0.3) is 0 Å². The van der Waals surface area contributed by atoms with Crippen molar-refractivity contribution < 1.29 is 14.7 Å². The van der Waals surface area contributed by atoms with E-state index in [4.69, 9.17) is 0 Å². The summed E-state index contributed by atoms with van der Waals surface area (Å²) in [7, 11) is 0. The highest BCUT2D eigenvalue weighted by Gasteiger charge is 2.64. The van der Waals surface area contributed by atoms with Crippen molar-refractivity contribution in [2.75, 3.05) is 0 Å². The molecule has 0 aromatic carbocycles. The van der Waals surface area contributed by atoms with Crippen LogP contribution in [-0.4, -0.2) is 28.4 Å². The minimum atomic E-state index is -0.812. The van der Waals surface area contributed by atoms with E-state index >= 15 is 0 Å². The smallest absolute Gasteiger partial charge is 0.217 e. The lowest BCUT2D eigenvalue weighted by Crippen LogP contribution is -2.61. The summed E-state index contributed by atoms with van der Waals surface area (Å²) in [6.07, 6.45) is 4.07. The van der Waals surface area contributed by atoms with Gasteiger partial charge >= 0.3 is 0 Å². The largest absolute Gasteiger partial charge is 0.386 e. The van der Waals surface area contributed by atoms with Crippen LogP contribution in [0.2, 0.25) is 0 Å². The number of ketones is 1. The highest BCUT2D eigenvalue weighted by molar-refractivity contribution is 5.86. The predicted molar refractivity (Wildman–Crippen MR) is 93.3 cm³/mol. The molecule has 2 bridgehead atoms. The van der Waals surface area contributed by atoms with Crippen LogP contribution in [0.3, 0.4) is 0 Å². The normalized spacial score (nSPS) is 48.5. The highest BCUT2D eigenvalue weighted by Crippen LogP contribution is 2.66. The molecular formula is C20H31NO3. The van der Waals surface area contributed by atoms with E-state index in [1.807, 2.05) is 6.92 Å². The monoisotopic (exact) mass is 333 g/mol. The van der Waals surface area contributed by atoms with E-state index in [0.717, 1.165) is 31.3 Å². The van der Waals surface area contributed by atoms with Crippen molar-refractivity contribution in [3.05, 3.63) is 12.2 Å². The molecule has 3 rings (SSSR count). The quantitative estimate of drug-likeness (QED) is 0.725. The minimum absolute atomic E-state index is 0.0298. The Morgan fingerprint density at radius 3 is 2.54 bits per heavy atom. The molecule has 134 valence electrons. The van der Waals surface area contributed by atoms with E-state index < -0.39 is 11.6 Å². The summed E-state index contributed by atoms with van der Waals surface area (Å²) in [5.41, 5.74) is -0.329. The number of hydrogen-bond acceptors (Lipinski definition) is 3. The van der Waals surface area contributed by atoms with Crippen molar-refractivity contribution >= 4 is 11.7 Å². The molecule has 3 aliphatic rings. The van der Waals surface area contributed by atoms with Gasteiger partial charge in [0.2, 0.25) is 5.91 Å². The van der Waals surface area contributed by atoms with Gasteiger partial charge in [-0.15, -0.1) is 0 Å². The fourth-order valence-electron chi connectivity index (χ4n) is 6.05. The van der Waals surface area contributed by atoms with Gasteiger partial charge in [-0.1, -0.05) is 20.4 Å². The highest BCUT2D eigenvalue weighted by atomic mass is 16.3. The Kier molecular flexibility index (Phi) is 3.99. The molecule has 3 saturated carbocycles. The van der Waals surface area contributed by atoms with Crippen molar-refractivity contribution in [2.45, 2.75) is 77.9 Å². The topological polar surface area (TPSA) is 66.4 Å². The first-order valence-corrected chi connectivity index (χ1v) is 9.26. The molecule has 0 radical (unpaired) electrons. The van der Waals surface area contributed by atoms with Gasteiger partial charge in [0, 0.05) is 24.7 Å². The maximum Gasteiger partial charge on any atom is 0.217 e. The summed E-state index contributed by atoms with van der Waals surface area (Å²) in [6.45, 7) is 12.2. The first kappa shape index (κ1) is 17.7. The molecule has 3 aliphatic carbocycles. The summed E-state index contributed by atoms with van der Waals surface area (Å²) in [5, 5.41) is 14.1. The number of Topliss-reactive ketones (excluding diaryl/α,β-unsaturated/α-hetero) is 1. The Morgan fingerprint density at radius 1 is 1.25 bits per heavy atom. The van der Waals surface area contributed by atoms with Crippen LogP contribution >= 0.6 is 0 Å². The second-order valence-corrected chi connectivity index (χ2v) is 9.03. The third-order valence-electron chi connectivity index (χ3n) is 7.72. The summed E-state index contributed by atoms with van der Waals surface area (Å²) in [6, 6.07) is 0. The Morgan fingerprint density at radius 2 is 1.92 bits per heavy atom. The average molecular weight is 333 g/mol. The van der Waals surface area contributed by atoms with Crippen LogP contribution in [0.25, 0.3) is 0 Å². The number of amides is 1. The first-order valence-electron chi connectivity index (χ1n) is 9.26. The van der Waals surface area contributed by atoms with E-state index in [1.165, 1.54) is 6.92 Å². The van der Waals surface area contributed by atoms with E-state index in [2.05, 4.69) is 25.7 Å². The second-order valence-electron chi connectivity index (χ2n) is 9.03. The molecule has 0 spiro atoms. The predicted octanol–water partition coefficient (Wildman–Crippen LogP) is 2.99. The minimum Gasteiger partial charge on any atom is -0.386 e. The van der Waals surface area contributed by atoms with Crippen molar-refractivity contribution in [2.24, 2.45) is 22.7 Å². The van der Waals surface area contributed by atoms with Gasteiger partial charge in [0.1, 0.15) is 5.78 Å². The Labute approximate surface area is 145 Å². The average Bonchev–Trinajstić information content (AvgIpc) is 2.86. The summed E-state index contributed by atoms with van der Waals surface area (Å²) in [4.78, 5) is 24.6. The standard InChI is InChI=1S/C20H31NO3/c1-12-6-8-20-9-7-15(23)16(20)18(12,4)10-11-19(5,21-14(3)22)17(24)13(20)2/h12,16-17,24H,2,6-11H2,1,3-5H3,(H,21,22)/t12-,16+,17+,18-,19-,20+/m1/s1. The molecule has 2 N–H and O–H groups in total. The Hall–Kier alpha value is -1.16. The molecular weight excluding hydrogens is 302 g/mol. The van der Waals surface area contributed by atoms with Crippen LogP contribution in [0.5, 0.6) is 0 Å². The number of hydrogen-bond donors (Lipinski definition) is 2. The molecule has 0 heterocycles.